The molecular formula is C12H12BrN3O. The Morgan fingerprint density at radius 1 is 1.47 bits per heavy atom. The predicted octanol–water partition coefficient (Wildman–Crippen LogP) is 2.87. The third kappa shape index (κ3) is 2.47. The van der Waals surface area contributed by atoms with Crippen LogP contribution in [-0.2, 0) is 4.79 Å². The quantitative estimate of drug-likeness (QED) is 0.912. The molecule has 1 heterocycles. The van der Waals surface area contributed by atoms with Crippen molar-refractivity contribution in [3.63, 3.8) is 0 Å². The normalized spacial score (nSPS) is 17.4. The van der Waals surface area contributed by atoms with Crippen molar-refractivity contribution in [1.29, 1.82) is 5.26 Å². The molecule has 88 valence electrons. The van der Waals surface area contributed by atoms with Gasteiger partial charge in [0.15, 0.2) is 0 Å². The summed E-state index contributed by atoms with van der Waals surface area (Å²) in [6.07, 6.45) is 4.78. The molecule has 1 N–H and O–H groups in total. The van der Waals surface area contributed by atoms with E-state index in [0.717, 1.165) is 17.3 Å². The van der Waals surface area contributed by atoms with E-state index in [-0.39, 0.29) is 5.91 Å². The van der Waals surface area contributed by atoms with E-state index in [1.165, 1.54) is 0 Å². The van der Waals surface area contributed by atoms with E-state index in [1.54, 1.807) is 18.3 Å². The molecule has 0 aromatic carbocycles. The number of carbonyl (C=O) groups excluding carboxylic acids is 1. The monoisotopic (exact) mass is 293 g/mol. The van der Waals surface area contributed by atoms with Gasteiger partial charge in [0.2, 0.25) is 5.91 Å². The summed E-state index contributed by atoms with van der Waals surface area (Å²) in [5.41, 5.74) is -0.852. The standard InChI is InChI=1S/C12H12BrN3O/c13-9-3-4-10(15-7-9)16-11(17)12(8-14)5-1-2-6-12/h3-4,7H,1-2,5-6H2,(H,15,16,17). The minimum absolute atomic E-state index is 0.229. The largest absolute Gasteiger partial charge is 0.309 e. The molecule has 1 aliphatic carbocycles. The first-order chi connectivity index (χ1) is 8.16. The lowest BCUT2D eigenvalue weighted by Crippen LogP contribution is -2.32. The summed E-state index contributed by atoms with van der Waals surface area (Å²) in [5.74, 6) is 0.257. The van der Waals surface area contributed by atoms with Gasteiger partial charge >= 0.3 is 0 Å². The van der Waals surface area contributed by atoms with Crippen LogP contribution < -0.4 is 5.32 Å². The number of rotatable bonds is 2. The summed E-state index contributed by atoms with van der Waals surface area (Å²) >= 11 is 3.27. The number of hydrogen-bond donors (Lipinski definition) is 1. The number of carbonyl (C=O) groups is 1. The Hall–Kier alpha value is -1.41. The van der Waals surface area contributed by atoms with E-state index in [1.807, 2.05) is 0 Å². The average Bonchev–Trinajstić information content (AvgIpc) is 2.82. The minimum atomic E-state index is -0.852. The first-order valence-electron chi connectivity index (χ1n) is 5.50. The first-order valence-corrected chi connectivity index (χ1v) is 6.30. The smallest absolute Gasteiger partial charge is 0.246 e. The van der Waals surface area contributed by atoms with Crippen molar-refractivity contribution < 1.29 is 4.79 Å². The Bertz CT molecular complexity index is 458. The number of hydrogen-bond acceptors (Lipinski definition) is 3. The Balaban J connectivity index is 2.11. The Kier molecular flexibility index (Phi) is 3.43. The molecule has 1 aromatic heterocycles. The molecule has 1 aliphatic rings. The van der Waals surface area contributed by atoms with Gasteiger partial charge in [0, 0.05) is 10.7 Å². The Morgan fingerprint density at radius 2 is 2.18 bits per heavy atom. The maximum absolute atomic E-state index is 12.1. The number of aromatic nitrogens is 1. The van der Waals surface area contributed by atoms with Crippen molar-refractivity contribution in [3.05, 3.63) is 22.8 Å². The highest BCUT2D eigenvalue weighted by Gasteiger charge is 2.41. The fourth-order valence-electron chi connectivity index (χ4n) is 2.05. The van der Waals surface area contributed by atoms with Gasteiger partial charge in [-0.25, -0.2) is 4.98 Å². The molecule has 4 nitrogen and oxygen atoms in total. The summed E-state index contributed by atoms with van der Waals surface area (Å²) in [4.78, 5) is 16.1. The van der Waals surface area contributed by atoms with Gasteiger partial charge in [0.25, 0.3) is 0 Å². The van der Waals surface area contributed by atoms with Gasteiger partial charge in [-0.15, -0.1) is 0 Å². The zero-order valence-corrected chi connectivity index (χ0v) is 10.8. The zero-order chi connectivity index (χ0) is 12.3. The SMILES string of the molecule is N#CC1(C(=O)Nc2ccc(Br)cn2)CCCC1. The number of nitrogens with one attached hydrogen (secondary N) is 1. The first kappa shape index (κ1) is 12.1. The molecule has 0 aliphatic heterocycles. The molecule has 0 radical (unpaired) electrons. The van der Waals surface area contributed by atoms with Crippen molar-refractivity contribution in [2.24, 2.45) is 5.41 Å². The summed E-state index contributed by atoms with van der Waals surface area (Å²) in [6.45, 7) is 0. The molecule has 1 saturated carbocycles. The fourth-order valence-corrected chi connectivity index (χ4v) is 2.29. The van der Waals surface area contributed by atoms with Crippen molar-refractivity contribution in [3.8, 4) is 6.07 Å². The lowest BCUT2D eigenvalue weighted by molar-refractivity contribution is -0.122. The van der Waals surface area contributed by atoms with Gasteiger partial charge in [0.1, 0.15) is 11.2 Å². The van der Waals surface area contributed by atoms with Crippen LogP contribution in [0.2, 0.25) is 0 Å². The number of amides is 1. The number of pyridine rings is 1. The van der Waals surface area contributed by atoms with Gasteiger partial charge in [-0.2, -0.15) is 5.26 Å². The summed E-state index contributed by atoms with van der Waals surface area (Å²) in [5, 5.41) is 11.9. The van der Waals surface area contributed by atoms with E-state index in [0.29, 0.717) is 18.7 Å². The highest BCUT2D eigenvalue weighted by Crippen LogP contribution is 2.38. The molecule has 0 bridgehead atoms. The van der Waals surface area contributed by atoms with Crippen LogP contribution in [0.4, 0.5) is 5.82 Å². The summed E-state index contributed by atoms with van der Waals surface area (Å²) in [7, 11) is 0. The van der Waals surface area contributed by atoms with Crippen LogP contribution in [0.15, 0.2) is 22.8 Å². The Morgan fingerprint density at radius 3 is 2.71 bits per heavy atom. The molecule has 1 fully saturated rings. The van der Waals surface area contributed by atoms with Crippen LogP contribution in [-0.4, -0.2) is 10.9 Å². The van der Waals surface area contributed by atoms with Crippen LogP contribution in [0.5, 0.6) is 0 Å². The zero-order valence-electron chi connectivity index (χ0n) is 9.24. The van der Waals surface area contributed by atoms with Crippen LogP contribution >= 0.6 is 15.9 Å². The molecule has 0 atom stereocenters. The highest BCUT2D eigenvalue weighted by atomic mass is 79.9. The second-order valence-corrected chi connectivity index (χ2v) is 5.13. The summed E-state index contributed by atoms with van der Waals surface area (Å²) < 4.78 is 0.853. The molecule has 5 heteroatoms. The Labute approximate surface area is 108 Å². The summed E-state index contributed by atoms with van der Waals surface area (Å²) in [6, 6.07) is 5.67. The molecule has 2 rings (SSSR count). The van der Waals surface area contributed by atoms with Gasteiger partial charge in [-0.05, 0) is 40.9 Å². The topological polar surface area (TPSA) is 65.8 Å². The van der Waals surface area contributed by atoms with Crippen molar-refractivity contribution in [2.75, 3.05) is 5.32 Å². The average molecular weight is 294 g/mol. The molecular weight excluding hydrogens is 282 g/mol. The van der Waals surface area contributed by atoms with Gasteiger partial charge in [-0.1, -0.05) is 12.8 Å². The van der Waals surface area contributed by atoms with E-state index in [4.69, 9.17) is 0 Å². The molecule has 17 heavy (non-hydrogen) atoms. The van der Waals surface area contributed by atoms with E-state index in [9.17, 15) is 10.1 Å². The lowest BCUT2D eigenvalue weighted by atomic mass is 9.87. The highest BCUT2D eigenvalue weighted by molar-refractivity contribution is 9.10. The van der Waals surface area contributed by atoms with Crippen LogP contribution in [0.1, 0.15) is 25.7 Å². The maximum atomic E-state index is 12.1. The second-order valence-electron chi connectivity index (χ2n) is 4.22. The van der Waals surface area contributed by atoms with Crippen LogP contribution in [0.3, 0.4) is 0 Å². The van der Waals surface area contributed by atoms with Gasteiger partial charge in [0.05, 0.1) is 6.07 Å². The minimum Gasteiger partial charge on any atom is -0.309 e. The van der Waals surface area contributed by atoms with Crippen molar-refractivity contribution in [1.82, 2.24) is 4.98 Å². The van der Waals surface area contributed by atoms with Crippen LogP contribution in [0, 0.1) is 16.7 Å². The van der Waals surface area contributed by atoms with Crippen molar-refractivity contribution >= 4 is 27.7 Å². The lowest BCUT2D eigenvalue weighted by Gasteiger charge is -2.18. The number of halogens is 1. The third-order valence-corrected chi connectivity index (χ3v) is 3.54. The fraction of sp³-hybridized carbons (Fsp3) is 0.417. The molecule has 0 unspecified atom stereocenters. The number of anilines is 1. The number of nitrogens with zero attached hydrogens (tertiary/aromatic N) is 2. The molecule has 0 spiro atoms. The molecule has 1 amide bonds. The molecule has 0 saturated heterocycles. The third-order valence-electron chi connectivity index (χ3n) is 3.07. The maximum Gasteiger partial charge on any atom is 0.246 e. The van der Waals surface area contributed by atoms with Gasteiger partial charge in [-0.3, -0.25) is 4.79 Å². The second kappa shape index (κ2) is 4.84. The van der Waals surface area contributed by atoms with E-state index >= 15 is 0 Å². The predicted molar refractivity (Wildman–Crippen MR) is 67.1 cm³/mol. The van der Waals surface area contributed by atoms with E-state index < -0.39 is 5.41 Å². The van der Waals surface area contributed by atoms with E-state index in [2.05, 4.69) is 32.3 Å². The van der Waals surface area contributed by atoms with Gasteiger partial charge < -0.3 is 5.32 Å². The van der Waals surface area contributed by atoms with Crippen molar-refractivity contribution in [2.45, 2.75) is 25.7 Å². The van der Waals surface area contributed by atoms with Crippen LogP contribution in [0.25, 0.3) is 0 Å². The number of nitriles is 1. The molecule has 1 aromatic rings.